The normalized spacial score (nSPS) is 13.1. The minimum Gasteiger partial charge on any atom is -0.481 e. The van der Waals surface area contributed by atoms with Crippen LogP contribution in [0.15, 0.2) is 78.9 Å². The van der Waals surface area contributed by atoms with Crippen LogP contribution in [0.2, 0.25) is 0 Å². The second-order valence-corrected chi connectivity index (χ2v) is 9.71. The van der Waals surface area contributed by atoms with Gasteiger partial charge in [-0.25, -0.2) is 8.42 Å². The molecule has 3 aromatic rings. The highest BCUT2D eigenvalue weighted by atomic mass is 32.2. The molecule has 0 saturated heterocycles. The van der Waals surface area contributed by atoms with Crippen LogP contribution >= 0.6 is 0 Å². The molecule has 1 N–H and O–H groups in total. The Morgan fingerprint density at radius 3 is 2.12 bits per heavy atom. The van der Waals surface area contributed by atoms with Gasteiger partial charge in [0.1, 0.15) is 5.75 Å². The number of carbonyl (C=O) groups is 1. The number of aryl methyl sites for hydroxylation is 1. The third-order valence-electron chi connectivity index (χ3n) is 5.30. The number of sulfonamides is 1. The van der Waals surface area contributed by atoms with Gasteiger partial charge in [0.15, 0.2) is 6.10 Å². The smallest absolute Gasteiger partial charge is 0.261 e. The minimum absolute atomic E-state index is 0.251. The summed E-state index contributed by atoms with van der Waals surface area (Å²) in [6.07, 6.45) is 0.394. The molecule has 0 aliphatic rings. The standard InChI is InChI=1S/C25H28N2O4S/c1-18-10-8-9-13-23(18)24(20-11-6-5-7-12-20)26-25(28)19(2)31-22-16-14-21(15-17-22)27(3)32(4,29)30/h5-17,19,24H,1-4H3,(H,26,28)/t19-,24-/m1/s1. The summed E-state index contributed by atoms with van der Waals surface area (Å²) in [6.45, 7) is 3.71. The third kappa shape index (κ3) is 5.68. The number of nitrogens with one attached hydrogen (secondary N) is 1. The van der Waals surface area contributed by atoms with Crippen molar-refractivity contribution in [3.63, 3.8) is 0 Å². The van der Waals surface area contributed by atoms with Crippen LogP contribution in [-0.4, -0.2) is 33.7 Å². The number of hydrogen-bond acceptors (Lipinski definition) is 4. The first-order chi connectivity index (χ1) is 15.2. The van der Waals surface area contributed by atoms with Crippen LogP contribution in [0.25, 0.3) is 0 Å². The minimum atomic E-state index is -3.35. The summed E-state index contributed by atoms with van der Waals surface area (Å²) in [7, 11) is -1.86. The second-order valence-electron chi connectivity index (χ2n) is 7.69. The predicted molar refractivity (Wildman–Crippen MR) is 127 cm³/mol. The number of ether oxygens (including phenoxy) is 1. The molecule has 3 aromatic carbocycles. The molecular formula is C25H28N2O4S. The number of hydrogen-bond donors (Lipinski definition) is 1. The Kier molecular flexibility index (Phi) is 7.20. The molecular weight excluding hydrogens is 424 g/mol. The highest BCUT2D eigenvalue weighted by Gasteiger charge is 2.23. The number of amides is 1. The van der Waals surface area contributed by atoms with E-state index in [4.69, 9.17) is 4.74 Å². The van der Waals surface area contributed by atoms with Crippen LogP contribution in [-0.2, 0) is 14.8 Å². The number of anilines is 1. The van der Waals surface area contributed by atoms with Crippen molar-refractivity contribution in [3.8, 4) is 5.75 Å². The molecule has 0 fully saturated rings. The van der Waals surface area contributed by atoms with Crippen molar-refractivity contribution in [1.29, 1.82) is 0 Å². The summed E-state index contributed by atoms with van der Waals surface area (Å²) in [5.41, 5.74) is 3.60. The van der Waals surface area contributed by atoms with Crippen molar-refractivity contribution in [2.24, 2.45) is 0 Å². The van der Waals surface area contributed by atoms with Crippen LogP contribution in [0.4, 0.5) is 5.69 Å². The molecule has 0 unspecified atom stereocenters. The van der Waals surface area contributed by atoms with Gasteiger partial charge in [-0.3, -0.25) is 9.10 Å². The molecule has 2 atom stereocenters. The van der Waals surface area contributed by atoms with Crippen LogP contribution in [0.5, 0.6) is 5.75 Å². The maximum atomic E-state index is 13.0. The average molecular weight is 453 g/mol. The monoisotopic (exact) mass is 452 g/mol. The topological polar surface area (TPSA) is 75.7 Å². The van der Waals surface area contributed by atoms with Crippen LogP contribution in [0.1, 0.15) is 29.7 Å². The lowest BCUT2D eigenvalue weighted by Gasteiger charge is -2.24. The van der Waals surface area contributed by atoms with E-state index >= 15 is 0 Å². The van der Waals surface area contributed by atoms with Crippen molar-refractivity contribution in [3.05, 3.63) is 95.6 Å². The van der Waals surface area contributed by atoms with Crippen LogP contribution in [0.3, 0.4) is 0 Å². The van der Waals surface area contributed by atoms with Gasteiger partial charge < -0.3 is 10.1 Å². The Hall–Kier alpha value is -3.32. The fourth-order valence-corrected chi connectivity index (χ4v) is 3.84. The molecule has 32 heavy (non-hydrogen) atoms. The quantitative estimate of drug-likeness (QED) is 0.559. The molecule has 7 heteroatoms. The summed E-state index contributed by atoms with van der Waals surface area (Å²) < 4.78 is 30.4. The number of nitrogens with zero attached hydrogens (tertiary/aromatic N) is 1. The summed E-state index contributed by atoms with van der Waals surface area (Å²) in [5.74, 6) is 0.227. The first-order valence-electron chi connectivity index (χ1n) is 10.3. The zero-order chi connectivity index (χ0) is 23.3. The van der Waals surface area contributed by atoms with Gasteiger partial charge in [-0.1, -0.05) is 54.6 Å². The SMILES string of the molecule is Cc1ccccc1[C@H](NC(=O)[C@@H](C)Oc1ccc(N(C)S(C)(=O)=O)cc1)c1ccccc1. The van der Waals surface area contributed by atoms with E-state index in [0.717, 1.165) is 22.9 Å². The lowest BCUT2D eigenvalue weighted by Crippen LogP contribution is -2.39. The Labute approximate surface area is 189 Å². The maximum absolute atomic E-state index is 13.0. The van der Waals surface area contributed by atoms with Crippen molar-refractivity contribution in [1.82, 2.24) is 5.32 Å². The van der Waals surface area contributed by atoms with Gasteiger partial charge in [-0.05, 0) is 54.8 Å². The van der Waals surface area contributed by atoms with E-state index in [2.05, 4.69) is 5.32 Å². The van der Waals surface area contributed by atoms with Gasteiger partial charge in [0, 0.05) is 7.05 Å². The molecule has 0 aromatic heterocycles. The maximum Gasteiger partial charge on any atom is 0.261 e. The van der Waals surface area contributed by atoms with E-state index in [-0.39, 0.29) is 11.9 Å². The zero-order valence-corrected chi connectivity index (χ0v) is 19.5. The Morgan fingerprint density at radius 2 is 1.53 bits per heavy atom. The molecule has 3 rings (SSSR count). The van der Waals surface area contributed by atoms with Gasteiger partial charge in [0.2, 0.25) is 10.0 Å². The number of benzene rings is 3. The molecule has 168 valence electrons. The van der Waals surface area contributed by atoms with Gasteiger partial charge in [0.25, 0.3) is 5.91 Å². The van der Waals surface area contributed by atoms with Gasteiger partial charge >= 0.3 is 0 Å². The molecule has 0 aliphatic heterocycles. The van der Waals surface area contributed by atoms with E-state index in [1.54, 1.807) is 31.2 Å². The lowest BCUT2D eigenvalue weighted by atomic mass is 9.95. The number of rotatable bonds is 8. The van der Waals surface area contributed by atoms with E-state index in [1.165, 1.54) is 11.4 Å². The largest absolute Gasteiger partial charge is 0.481 e. The molecule has 1 amide bonds. The molecule has 0 bridgehead atoms. The van der Waals surface area contributed by atoms with Gasteiger partial charge in [-0.2, -0.15) is 0 Å². The average Bonchev–Trinajstić information content (AvgIpc) is 2.78. The first kappa shape index (κ1) is 23.3. The molecule has 0 spiro atoms. The van der Waals surface area contributed by atoms with Crippen LogP contribution in [0, 0.1) is 6.92 Å². The van der Waals surface area contributed by atoms with E-state index < -0.39 is 16.1 Å². The zero-order valence-electron chi connectivity index (χ0n) is 18.6. The van der Waals surface area contributed by atoms with E-state index in [9.17, 15) is 13.2 Å². The van der Waals surface area contributed by atoms with Gasteiger partial charge in [0.05, 0.1) is 18.0 Å². The van der Waals surface area contributed by atoms with Crippen molar-refractivity contribution < 1.29 is 17.9 Å². The highest BCUT2D eigenvalue weighted by Crippen LogP contribution is 2.26. The molecule has 0 radical (unpaired) electrons. The Morgan fingerprint density at radius 1 is 0.938 bits per heavy atom. The third-order valence-corrected chi connectivity index (χ3v) is 6.50. The fourth-order valence-electron chi connectivity index (χ4n) is 3.34. The molecule has 6 nitrogen and oxygen atoms in total. The van der Waals surface area contributed by atoms with Crippen molar-refractivity contribution in [2.45, 2.75) is 26.0 Å². The molecule has 0 aliphatic carbocycles. The second kappa shape index (κ2) is 9.87. The van der Waals surface area contributed by atoms with Crippen LogP contribution < -0.4 is 14.4 Å². The highest BCUT2D eigenvalue weighted by molar-refractivity contribution is 7.92. The summed E-state index contributed by atoms with van der Waals surface area (Å²) in [6, 6.07) is 24.0. The Bertz CT molecular complexity index is 1160. The lowest BCUT2D eigenvalue weighted by molar-refractivity contribution is -0.127. The molecule has 0 heterocycles. The summed E-state index contributed by atoms with van der Waals surface area (Å²) in [4.78, 5) is 13.0. The summed E-state index contributed by atoms with van der Waals surface area (Å²) >= 11 is 0. The van der Waals surface area contributed by atoms with Crippen molar-refractivity contribution >= 4 is 21.6 Å². The Balaban J connectivity index is 1.75. The predicted octanol–water partition coefficient (Wildman–Crippen LogP) is 4.06. The first-order valence-corrected chi connectivity index (χ1v) is 12.1. The van der Waals surface area contributed by atoms with Gasteiger partial charge in [-0.15, -0.1) is 0 Å². The summed E-state index contributed by atoms with van der Waals surface area (Å²) in [5, 5.41) is 3.11. The van der Waals surface area contributed by atoms with E-state index in [0.29, 0.717) is 11.4 Å². The van der Waals surface area contributed by atoms with Crippen molar-refractivity contribution in [2.75, 3.05) is 17.6 Å². The van der Waals surface area contributed by atoms with E-state index in [1.807, 2.05) is 61.5 Å². The molecule has 0 saturated carbocycles. The number of carbonyl (C=O) groups excluding carboxylic acids is 1. The fraction of sp³-hybridized carbons (Fsp3) is 0.240.